The monoisotopic (exact) mass is 391 g/mol. The molecule has 0 aromatic heterocycles. The normalized spacial score (nSPS) is 19.3. The first-order valence-corrected chi connectivity index (χ1v) is 9.57. The van der Waals surface area contributed by atoms with Crippen molar-refractivity contribution in [1.29, 1.82) is 0 Å². The Morgan fingerprint density at radius 1 is 1.36 bits per heavy atom. The maximum Gasteiger partial charge on any atom is 0.407 e. The SMILES string of the molecule is COCCN1C(=O)COc2ccc(N3CC[C@H](NC(=O)OC(C)(C)C)C3)cc21. The highest BCUT2D eigenvalue weighted by Crippen LogP contribution is 2.36. The van der Waals surface area contributed by atoms with Crippen LogP contribution in [0.2, 0.25) is 0 Å². The van der Waals surface area contributed by atoms with E-state index in [-0.39, 0.29) is 18.6 Å². The average molecular weight is 391 g/mol. The Hall–Kier alpha value is -2.48. The minimum Gasteiger partial charge on any atom is -0.482 e. The third kappa shape index (κ3) is 4.86. The minimum absolute atomic E-state index is 0.0216. The molecule has 2 aliphatic rings. The quantitative estimate of drug-likeness (QED) is 0.829. The second kappa shape index (κ2) is 8.26. The maximum atomic E-state index is 12.3. The zero-order valence-corrected chi connectivity index (χ0v) is 17.0. The average Bonchev–Trinajstić information content (AvgIpc) is 3.07. The van der Waals surface area contributed by atoms with Gasteiger partial charge in [-0.15, -0.1) is 0 Å². The van der Waals surface area contributed by atoms with Gasteiger partial charge < -0.3 is 29.3 Å². The molecule has 0 spiro atoms. The van der Waals surface area contributed by atoms with Crippen LogP contribution in [-0.2, 0) is 14.3 Å². The number of hydrogen-bond donors (Lipinski definition) is 1. The van der Waals surface area contributed by atoms with Gasteiger partial charge in [-0.25, -0.2) is 4.79 Å². The summed E-state index contributed by atoms with van der Waals surface area (Å²) >= 11 is 0. The van der Waals surface area contributed by atoms with E-state index in [9.17, 15) is 9.59 Å². The fourth-order valence-electron chi connectivity index (χ4n) is 3.40. The molecule has 28 heavy (non-hydrogen) atoms. The zero-order chi connectivity index (χ0) is 20.3. The van der Waals surface area contributed by atoms with Crippen LogP contribution in [0, 0.1) is 0 Å². The van der Waals surface area contributed by atoms with Gasteiger partial charge in [0.15, 0.2) is 6.61 Å². The Bertz CT molecular complexity index is 731. The Morgan fingerprint density at radius 2 is 2.14 bits per heavy atom. The first-order valence-electron chi connectivity index (χ1n) is 9.57. The first-order chi connectivity index (χ1) is 13.3. The number of amides is 2. The molecule has 2 aliphatic heterocycles. The fourth-order valence-corrected chi connectivity index (χ4v) is 3.40. The van der Waals surface area contributed by atoms with Crippen molar-refractivity contribution in [2.45, 2.75) is 38.8 Å². The number of hydrogen-bond acceptors (Lipinski definition) is 6. The zero-order valence-electron chi connectivity index (χ0n) is 17.0. The van der Waals surface area contributed by atoms with Crippen LogP contribution in [0.5, 0.6) is 5.75 Å². The standard InChI is InChI=1S/C20H29N3O5/c1-20(2,3)28-19(25)21-14-7-8-22(12-14)15-5-6-17-16(11-15)23(9-10-26-4)18(24)13-27-17/h5-6,11,14H,7-10,12-13H2,1-4H3,(H,21,25)/t14-/m0/s1. The number of ether oxygens (including phenoxy) is 3. The molecule has 1 atom stereocenters. The molecule has 1 saturated heterocycles. The lowest BCUT2D eigenvalue weighted by molar-refractivity contribution is -0.121. The van der Waals surface area contributed by atoms with Crippen LogP contribution in [0.3, 0.4) is 0 Å². The van der Waals surface area contributed by atoms with Gasteiger partial charge in [-0.05, 0) is 45.4 Å². The lowest BCUT2D eigenvalue weighted by Gasteiger charge is -2.30. The molecule has 8 nitrogen and oxygen atoms in total. The van der Waals surface area contributed by atoms with Crippen LogP contribution in [0.1, 0.15) is 27.2 Å². The topological polar surface area (TPSA) is 80.3 Å². The van der Waals surface area contributed by atoms with E-state index >= 15 is 0 Å². The molecule has 0 unspecified atom stereocenters. The summed E-state index contributed by atoms with van der Waals surface area (Å²) in [7, 11) is 1.62. The summed E-state index contributed by atoms with van der Waals surface area (Å²) in [6.07, 6.45) is 0.439. The van der Waals surface area contributed by atoms with Crippen molar-refractivity contribution in [3.05, 3.63) is 18.2 Å². The Labute approximate surface area is 165 Å². The van der Waals surface area contributed by atoms with Crippen molar-refractivity contribution in [1.82, 2.24) is 5.32 Å². The molecule has 3 rings (SSSR count). The fraction of sp³-hybridized carbons (Fsp3) is 0.600. The molecule has 1 fully saturated rings. The van der Waals surface area contributed by atoms with Crippen molar-refractivity contribution in [3.63, 3.8) is 0 Å². The molecule has 8 heteroatoms. The van der Waals surface area contributed by atoms with Gasteiger partial charge in [0.05, 0.1) is 18.3 Å². The third-order valence-electron chi connectivity index (χ3n) is 4.68. The van der Waals surface area contributed by atoms with Crippen LogP contribution in [-0.4, -0.2) is 63.6 Å². The second-order valence-electron chi connectivity index (χ2n) is 8.06. The van der Waals surface area contributed by atoms with Crippen LogP contribution < -0.4 is 19.9 Å². The highest BCUT2D eigenvalue weighted by atomic mass is 16.6. The van der Waals surface area contributed by atoms with E-state index in [4.69, 9.17) is 14.2 Å². The maximum absolute atomic E-state index is 12.3. The molecule has 2 amide bonds. The van der Waals surface area contributed by atoms with Crippen molar-refractivity contribution in [2.75, 3.05) is 49.8 Å². The molecule has 0 bridgehead atoms. The minimum atomic E-state index is -0.515. The summed E-state index contributed by atoms with van der Waals surface area (Å²) < 4.78 is 16.0. The summed E-state index contributed by atoms with van der Waals surface area (Å²) in [6, 6.07) is 5.87. The Balaban J connectivity index is 1.67. The third-order valence-corrected chi connectivity index (χ3v) is 4.68. The summed E-state index contributed by atoms with van der Waals surface area (Å²) in [5, 5.41) is 2.93. The number of alkyl carbamates (subject to hydrolysis) is 1. The molecule has 1 N–H and O–H groups in total. The van der Waals surface area contributed by atoms with E-state index < -0.39 is 11.7 Å². The van der Waals surface area contributed by atoms with Gasteiger partial charge in [0.1, 0.15) is 11.4 Å². The molecule has 1 aromatic rings. The summed E-state index contributed by atoms with van der Waals surface area (Å²) in [5.74, 6) is 0.620. The summed E-state index contributed by atoms with van der Waals surface area (Å²) in [5.41, 5.74) is 1.24. The van der Waals surface area contributed by atoms with E-state index in [2.05, 4.69) is 10.2 Å². The van der Waals surface area contributed by atoms with Crippen LogP contribution in [0.15, 0.2) is 18.2 Å². The molecule has 2 heterocycles. The smallest absolute Gasteiger partial charge is 0.407 e. The van der Waals surface area contributed by atoms with Gasteiger partial charge >= 0.3 is 6.09 Å². The lowest BCUT2D eigenvalue weighted by atomic mass is 10.2. The lowest BCUT2D eigenvalue weighted by Crippen LogP contribution is -2.41. The van der Waals surface area contributed by atoms with Gasteiger partial charge in [0, 0.05) is 32.4 Å². The van der Waals surface area contributed by atoms with Crippen LogP contribution in [0.4, 0.5) is 16.2 Å². The summed E-state index contributed by atoms with van der Waals surface area (Å²) in [6.45, 7) is 8.02. The molecule has 0 aliphatic carbocycles. The molecule has 0 saturated carbocycles. The number of benzene rings is 1. The molecule has 1 aromatic carbocycles. The number of nitrogens with one attached hydrogen (secondary N) is 1. The van der Waals surface area contributed by atoms with E-state index in [0.29, 0.717) is 25.4 Å². The Kier molecular flexibility index (Phi) is 5.98. The highest BCUT2D eigenvalue weighted by Gasteiger charge is 2.29. The largest absolute Gasteiger partial charge is 0.482 e. The molecular formula is C20H29N3O5. The highest BCUT2D eigenvalue weighted by molar-refractivity contribution is 5.98. The number of carbonyl (C=O) groups is 2. The van der Waals surface area contributed by atoms with Gasteiger partial charge in [-0.3, -0.25) is 4.79 Å². The van der Waals surface area contributed by atoms with Crippen LogP contribution in [0.25, 0.3) is 0 Å². The summed E-state index contributed by atoms with van der Waals surface area (Å²) in [4.78, 5) is 28.2. The van der Waals surface area contributed by atoms with Crippen LogP contribution >= 0.6 is 0 Å². The molecule has 0 radical (unpaired) electrons. The second-order valence-corrected chi connectivity index (χ2v) is 8.06. The predicted octanol–water partition coefficient (Wildman–Crippen LogP) is 2.16. The van der Waals surface area contributed by atoms with E-state index in [1.54, 1.807) is 12.0 Å². The van der Waals surface area contributed by atoms with Gasteiger partial charge in [-0.1, -0.05) is 0 Å². The van der Waals surface area contributed by atoms with Crippen molar-refractivity contribution >= 4 is 23.4 Å². The van der Waals surface area contributed by atoms with Crippen molar-refractivity contribution in [2.24, 2.45) is 0 Å². The Morgan fingerprint density at radius 3 is 2.86 bits per heavy atom. The predicted molar refractivity (Wildman–Crippen MR) is 106 cm³/mol. The van der Waals surface area contributed by atoms with Gasteiger partial charge in [0.2, 0.25) is 0 Å². The first kappa shape index (κ1) is 20.3. The van der Waals surface area contributed by atoms with Crippen molar-refractivity contribution < 1.29 is 23.8 Å². The number of methoxy groups -OCH3 is 1. The van der Waals surface area contributed by atoms with E-state index in [0.717, 1.165) is 24.3 Å². The number of fused-ring (bicyclic) bond motifs is 1. The number of rotatable bonds is 5. The van der Waals surface area contributed by atoms with E-state index in [1.165, 1.54) is 0 Å². The van der Waals surface area contributed by atoms with E-state index in [1.807, 2.05) is 39.0 Å². The number of anilines is 2. The van der Waals surface area contributed by atoms with Gasteiger partial charge in [0.25, 0.3) is 5.91 Å². The number of nitrogens with zero attached hydrogens (tertiary/aromatic N) is 2. The van der Waals surface area contributed by atoms with Gasteiger partial charge in [-0.2, -0.15) is 0 Å². The molecular weight excluding hydrogens is 362 g/mol. The van der Waals surface area contributed by atoms with Crippen molar-refractivity contribution in [3.8, 4) is 5.75 Å². The molecule has 154 valence electrons. The number of carbonyl (C=O) groups excluding carboxylic acids is 2.